The lowest BCUT2D eigenvalue weighted by Crippen LogP contribution is -2.42. The van der Waals surface area contributed by atoms with Crippen LogP contribution in [0.25, 0.3) is 0 Å². The molecule has 0 amide bonds. The van der Waals surface area contributed by atoms with Gasteiger partial charge >= 0.3 is 0 Å². The van der Waals surface area contributed by atoms with E-state index in [9.17, 15) is 10.1 Å². The lowest BCUT2D eigenvalue weighted by atomic mass is 9.98. The van der Waals surface area contributed by atoms with Crippen molar-refractivity contribution in [2.24, 2.45) is 5.92 Å². The highest BCUT2D eigenvalue weighted by Gasteiger charge is 2.41. The van der Waals surface area contributed by atoms with Gasteiger partial charge in [-0.05, 0) is 0 Å². The molecule has 0 aromatic rings. The quantitative estimate of drug-likeness (QED) is 0.529. The molecule has 0 aliphatic carbocycles. The molecular formula is C9H15N3O3. The zero-order valence-electron chi connectivity index (χ0n) is 8.90. The van der Waals surface area contributed by atoms with Gasteiger partial charge in [-0.25, -0.2) is 0 Å². The summed E-state index contributed by atoms with van der Waals surface area (Å²) >= 11 is 0. The van der Waals surface area contributed by atoms with Crippen LogP contribution in [-0.4, -0.2) is 36.3 Å². The van der Waals surface area contributed by atoms with Gasteiger partial charge in [0, 0.05) is 26.6 Å². The van der Waals surface area contributed by atoms with E-state index >= 15 is 0 Å². The van der Waals surface area contributed by atoms with Crippen LogP contribution in [0, 0.1) is 16.0 Å². The molecule has 0 aromatic carbocycles. The zero-order chi connectivity index (χ0) is 11.0. The Kier molecular flexibility index (Phi) is 2.52. The van der Waals surface area contributed by atoms with Crippen LogP contribution >= 0.6 is 0 Å². The molecule has 0 radical (unpaired) electrons. The highest BCUT2D eigenvalue weighted by molar-refractivity contribution is 5.15. The lowest BCUT2D eigenvalue weighted by molar-refractivity contribution is -0.438. The van der Waals surface area contributed by atoms with Gasteiger partial charge in [0.05, 0.1) is 10.8 Å². The second-order valence-corrected chi connectivity index (χ2v) is 3.94. The molecule has 2 atom stereocenters. The third-order valence-corrected chi connectivity index (χ3v) is 3.01. The maximum atomic E-state index is 10.9. The molecule has 1 N–H and O–H groups in total. The summed E-state index contributed by atoms with van der Waals surface area (Å²) in [6.07, 6.45) is 0.645. The third-order valence-electron chi connectivity index (χ3n) is 3.01. The van der Waals surface area contributed by atoms with Crippen molar-refractivity contribution in [1.29, 1.82) is 0 Å². The van der Waals surface area contributed by atoms with Crippen LogP contribution in [0.3, 0.4) is 0 Å². The standard InChI is InChI=1S/C9H15N3O3/c1-6-5-7(15-2)11-4-3-10-9(11)8(6)12(13)14/h6-7,10H,3-5H2,1-2H3/t6-,7+/m1/s1. The van der Waals surface area contributed by atoms with Gasteiger partial charge < -0.3 is 15.0 Å². The SMILES string of the molecule is CO[C@H]1C[C@@H](C)C([N+](=O)[O-])=C2NCCN21. The normalized spacial score (nSPS) is 30.1. The Balaban J connectivity index is 2.38. The van der Waals surface area contributed by atoms with Gasteiger partial charge in [-0.1, -0.05) is 6.92 Å². The van der Waals surface area contributed by atoms with Crippen molar-refractivity contribution in [2.45, 2.75) is 19.6 Å². The Hall–Kier alpha value is -1.30. The number of allylic oxidation sites excluding steroid dienone is 1. The minimum absolute atomic E-state index is 0.0336. The van der Waals surface area contributed by atoms with E-state index in [1.807, 2.05) is 11.8 Å². The summed E-state index contributed by atoms with van der Waals surface area (Å²) in [5, 5.41) is 14.0. The Morgan fingerprint density at radius 1 is 1.67 bits per heavy atom. The van der Waals surface area contributed by atoms with Gasteiger partial charge in [0.15, 0.2) is 5.82 Å². The average Bonchev–Trinajstić information content (AvgIpc) is 2.63. The maximum absolute atomic E-state index is 10.9. The van der Waals surface area contributed by atoms with Gasteiger partial charge in [-0.3, -0.25) is 10.1 Å². The van der Waals surface area contributed by atoms with Gasteiger partial charge in [-0.2, -0.15) is 0 Å². The molecule has 0 saturated carbocycles. The Morgan fingerprint density at radius 2 is 2.40 bits per heavy atom. The highest BCUT2D eigenvalue weighted by atomic mass is 16.6. The molecule has 2 rings (SSSR count). The molecule has 6 heteroatoms. The molecule has 1 saturated heterocycles. The summed E-state index contributed by atoms with van der Waals surface area (Å²) in [7, 11) is 1.64. The molecule has 2 aliphatic rings. The van der Waals surface area contributed by atoms with Crippen molar-refractivity contribution in [3.05, 3.63) is 21.6 Å². The van der Waals surface area contributed by atoms with Crippen molar-refractivity contribution in [1.82, 2.24) is 10.2 Å². The van der Waals surface area contributed by atoms with Crippen molar-refractivity contribution in [2.75, 3.05) is 20.2 Å². The fraction of sp³-hybridized carbons (Fsp3) is 0.778. The van der Waals surface area contributed by atoms with E-state index < -0.39 is 0 Å². The molecule has 0 spiro atoms. The first-order valence-corrected chi connectivity index (χ1v) is 5.07. The second-order valence-electron chi connectivity index (χ2n) is 3.94. The second kappa shape index (κ2) is 3.69. The molecule has 2 heterocycles. The summed E-state index contributed by atoms with van der Waals surface area (Å²) in [6.45, 7) is 3.39. The summed E-state index contributed by atoms with van der Waals surface area (Å²) < 4.78 is 5.33. The van der Waals surface area contributed by atoms with Gasteiger partial charge in [0.1, 0.15) is 6.23 Å². The highest BCUT2D eigenvalue weighted by Crippen LogP contribution is 2.32. The first-order chi connectivity index (χ1) is 7.15. The molecule has 6 nitrogen and oxygen atoms in total. The minimum Gasteiger partial charge on any atom is -0.364 e. The smallest absolute Gasteiger partial charge is 0.288 e. The van der Waals surface area contributed by atoms with E-state index in [4.69, 9.17) is 4.74 Å². The van der Waals surface area contributed by atoms with E-state index in [1.165, 1.54) is 0 Å². The van der Waals surface area contributed by atoms with Crippen LogP contribution < -0.4 is 5.32 Å². The summed E-state index contributed by atoms with van der Waals surface area (Å²) in [4.78, 5) is 12.6. The van der Waals surface area contributed by atoms with E-state index in [2.05, 4.69) is 5.32 Å². The van der Waals surface area contributed by atoms with Gasteiger partial charge in [0.25, 0.3) is 5.70 Å². The van der Waals surface area contributed by atoms with Crippen molar-refractivity contribution in [3.8, 4) is 0 Å². The largest absolute Gasteiger partial charge is 0.364 e. The predicted molar refractivity (Wildman–Crippen MR) is 53.3 cm³/mol. The summed E-state index contributed by atoms with van der Waals surface area (Å²) in [5.41, 5.74) is 0.292. The fourth-order valence-corrected chi connectivity index (χ4v) is 2.30. The van der Waals surface area contributed by atoms with E-state index in [1.54, 1.807) is 7.11 Å². The van der Waals surface area contributed by atoms with Crippen molar-refractivity contribution in [3.63, 3.8) is 0 Å². The average molecular weight is 213 g/mol. The molecule has 0 bridgehead atoms. The number of rotatable bonds is 2. The zero-order valence-corrected chi connectivity index (χ0v) is 8.90. The number of nitro groups is 1. The van der Waals surface area contributed by atoms with Crippen LogP contribution in [0.4, 0.5) is 0 Å². The Morgan fingerprint density at radius 3 is 3.00 bits per heavy atom. The van der Waals surface area contributed by atoms with Gasteiger partial charge in [-0.15, -0.1) is 0 Å². The van der Waals surface area contributed by atoms with E-state index in [0.29, 0.717) is 17.9 Å². The molecule has 1 fully saturated rings. The van der Waals surface area contributed by atoms with Crippen LogP contribution in [0.1, 0.15) is 13.3 Å². The van der Waals surface area contributed by atoms with Crippen LogP contribution in [0.2, 0.25) is 0 Å². The number of ether oxygens (including phenoxy) is 1. The van der Waals surface area contributed by atoms with Gasteiger partial charge in [0.2, 0.25) is 0 Å². The van der Waals surface area contributed by atoms with E-state index in [-0.39, 0.29) is 17.1 Å². The monoisotopic (exact) mass is 213 g/mol. The Labute approximate surface area is 88.0 Å². The first-order valence-electron chi connectivity index (χ1n) is 5.07. The number of methoxy groups -OCH3 is 1. The number of nitrogens with zero attached hydrogens (tertiary/aromatic N) is 2. The number of nitrogens with one attached hydrogen (secondary N) is 1. The number of hydrogen-bond acceptors (Lipinski definition) is 5. The topological polar surface area (TPSA) is 67.6 Å². The van der Waals surface area contributed by atoms with E-state index in [0.717, 1.165) is 13.1 Å². The van der Waals surface area contributed by atoms with Crippen molar-refractivity contribution < 1.29 is 9.66 Å². The molecule has 2 aliphatic heterocycles. The predicted octanol–water partition coefficient (Wildman–Crippen LogP) is 0.350. The molecule has 0 aromatic heterocycles. The maximum Gasteiger partial charge on any atom is 0.288 e. The van der Waals surface area contributed by atoms with Crippen LogP contribution in [0.15, 0.2) is 11.5 Å². The fourth-order valence-electron chi connectivity index (χ4n) is 2.30. The van der Waals surface area contributed by atoms with Crippen molar-refractivity contribution >= 4 is 0 Å². The minimum atomic E-state index is -0.281. The molecular weight excluding hydrogens is 198 g/mol. The lowest BCUT2D eigenvalue weighted by Gasteiger charge is -2.34. The number of hydrogen-bond donors (Lipinski definition) is 1. The number of fused-ring (bicyclic) bond motifs is 1. The van der Waals surface area contributed by atoms with Crippen LogP contribution in [-0.2, 0) is 4.74 Å². The first kappa shape index (κ1) is 10.2. The molecule has 0 unspecified atom stereocenters. The van der Waals surface area contributed by atoms with Crippen LogP contribution in [0.5, 0.6) is 0 Å². The molecule has 84 valence electrons. The molecule has 15 heavy (non-hydrogen) atoms. The summed E-state index contributed by atoms with van der Waals surface area (Å²) in [6, 6.07) is 0. The third kappa shape index (κ3) is 1.54. The Bertz CT molecular complexity index is 316. The summed E-state index contributed by atoms with van der Waals surface area (Å²) in [5.74, 6) is 0.576.